The summed E-state index contributed by atoms with van der Waals surface area (Å²) in [7, 11) is 0. The first-order chi connectivity index (χ1) is 12.5. The highest BCUT2D eigenvalue weighted by Crippen LogP contribution is 2.68. The molecule has 0 spiro atoms. The highest BCUT2D eigenvalue weighted by molar-refractivity contribution is 5.71. The van der Waals surface area contributed by atoms with Crippen molar-refractivity contribution in [1.82, 2.24) is 9.97 Å². The van der Waals surface area contributed by atoms with E-state index in [2.05, 4.69) is 75.4 Å². The quantitative estimate of drug-likeness (QED) is 0.573. The molecule has 0 amide bonds. The van der Waals surface area contributed by atoms with Crippen molar-refractivity contribution in [2.24, 2.45) is 5.41 Å². The Kier molecular flexibility index (Phi) is 3.19. The molecular formula is C24H24N2. The van der Waals surface area contributed by atoms with Crippen molar-refractivity contribution >= 4 is 0 Å². The predicted molar refractivity (Wildman–Crippen MR) is 106 cm³/mol. The second-order valence-corrected chi connectivity index (χ2v) is 8.54. The topological polar surface area (TPSA) is 25.8 Å². The number of hydrogen-bond acceptors (Lipinski definition) is 2. The fourth-order valence-corrected chi connectivity index (χ4v) is 5.18. The molecule has 1 fully saturated rings. The van der Waals surface area contributed by atoms with Crippen LogP contribution >= 0.6 is 0 Å². The van der Waals surface area contributed by atoms with Gasteiger partial charge in [0.2, 0.25) is 0 Å². The van der Waals surface area contributed by atoms with Crippen molar-refractivity contribution in [3.8, 4) is 22.6 Å². The van der Waals surface area contributed by atoms with Crippen LogP contribution in [0.25, 0.3) is 22.6 Å². The predicted octanol–water partition coefficient (Wildman–Crippen LogP) is 5.99. The van der Waals surface area contributed by atoms with Crippen LogP contribution in [0.4, 0.5) is 0 Å². The van der Waals surface area contributed by atoms with Gasteiger partial charge >= 0.3 is 0 Å². The van der Waals surface area contributed by atoms with Crippen molar-refractivity contribution in [3.05, 3.63) is 71.9 Å². The molecule has 5 rings (SSSR count). The van der Waals surface area contributed by atoms with E-state index in [1.54, 1.807) is 0 Å². The van der Waals surface area contributed by atoms with E-state index in [4.69, 9.17) is 9.97 Å². The minimum atomic E-state index is 0.128. The van der Waals surface area contributed by atoms with Gasteiger partial charge in [0.25, 0.3) is 0 Å². The van der Waals surface area contributed by atoms with Crippen molar-refractivity contribution in [2.75, 3.05) is 0 Å². The number of fused-ring (bicyclic) bond motifs is 5. The zero-order valence-corrected chi connectivity index (χ0v) is 15.7. The van der Waals surface area contributed by atoms with E-state index in [0.717, 1.165) is 17.1 Å². The third kappa shape index (κ3) is 1.93. The van der Waals surface area contributed by atoms with E-state index in [1.807, 2.05) is 6.07 Å². The Bertz CT molecular complexity index is 976. The Balaban J connectivity index is 1.83. The van der Waals surface area contributed by atoms with Gasteiger partial charge in [-0.3, -0.25) is 0 Å². The average Bonchev–Trinajstić information content (AvgIpc) is 3.01. The van der Waals surface area contributed by atoms with Gasteiger partial charge in [0.15, 0.2) is 5.82 Å². The summed E-state index contributed by atoms with van der Waals surface area (Å²) in [4.78, 5) is 10.2. The summed E-state index contributed by atoms with van der Waals surface area (Å²) in [5, 5.41) is 0. The van der Waals surface area contributed by atoms with Crippen molar-refractivity contribution in [2.45, 2.75) is 44.9 Å². The molecule has 2 bridgehead atoms. The smallest absolute Gasteiger partial charge is 0.160 e. The number of aromatic nitrogens is 2. The van der Waals surface area contributed by atoms with Crippen LogP contribution in [0.15, 0.2) is 60.7 Å². The SMILES string of the molecule is CC12CCC(c3c(-c4ccccc4)nc(-c4ccccc4)nc31)C2(C)C. The number of nitrogens with zero attached hydrogens (tertiary/aromatic N) is 2. The normalized spacial score (nSPS) is 25.3. The van der Waals surface area contributed by atoms with Crippen LogP contribution in [-0.2, 0) is 5.41 Å². The average molecular weight is 340 g/mol. The lowest BCUT2D eigenvalue weighted by Gasteiger charge is -2.34. The Hall–Kier alpha value is -2.48. The molecule has 130 valence electrons. The van der Waals surface area contributed by atoms with Gasteiger partial charge in [0.05, 0.1) is 11.4 Å². The molecule has 0 aliphatic heterocycles. The first-order valence-corrected chi connectivity index (χ1v) is 9.55. The van der Waals surface area contributed by atoms with Crippen molar-refractivity contribution in [1.29, 1.82) is 0 Å². The summed E-state index contributed by atoms with van der Waals surface area (Å²) in [6.45, 7) is 7.25. The van der Waals surface area contributed by atoms with E-state index in [-0.39, 0.29) is 10.8 Å². The van der Waals surface area contributed by atoms with E-state index in [9.17, 15) is 0 Å². The van der Waals surface area contributed by atoms with Gasteiger partial charge in [0, 0.05) is 22.1 Å². The van der Waals surface area contributed by atoms with Crippen LogP contribution in [-0.4, -0.2) is 9.97 Å². The summed E-state index contributed by atoms with van der Waals surface area (Å²) < 4.78 is 0. The summed E-state index contributed by atoms with van der Waals surface area (Å²) in [6, 6.07) is 21.0. The van der Waals surface area contributed by atoms with Gasteiger partial charge in [0.1, 0.15) is 0 Å². The Morgan fingerprint density at radius 2 is 1.42 bits per heavy atom. The lowest BCUT2D eigenvalue weighted by molar-refractivity contribution is 0.227. The number of benzene rings is 2. The van der Waals surface area contributed by atoms with E-state index in [0.29, 0.717) is 5.92 Å². The van der Waals surface area contributed by atoms with Crippen LogP contribution in [0.2, 0.25) is 0 Å². The van der Waals surface area contributed by atoms with Gasteiger partial charge in [-0.2, -0.15) is 0 Å². The highest BCUT2D eigenvalue weighted by atomic mass is 14.9. The van der Waals surface area contributed by atoms with Crippen LogP contribution in [0, 0.1) is 5.41 Å². The summed E-state index contributed by atoms with van der Waals surface area (Å²) >= 11 is 0. The lowest BCUT2D eigenvalue weighted by Crippen LogP contribution is -2.32. The molecule has 2 heteroatoms. The molecule has 2 atom stereocenters. The Labute approximate surface area is 155 Å². The molecule has 2 aliphatic carbocycles. The molecule has 0 radical (unpaired) electrons. The molecule has 2 unspecified atom stereocenters. The second kappa shape index (κ2) is 5.26. The zero-order chi connectivity index (χ0) is 17.9. The first-order valence-electron chi connectivity index (χ1n) is 9.55. The van der Waals surface area contributed by atoms with Crippen molar-refractivity contribution in [3.63, 3.8) is 0 Å². The Morgan fingerprint density at radius 1 is 0.808 bits per heavy atom. The highest BCUT2D eigenvalue weighted by Gasteiger charge is 2.61. The van der Waals surface area contributed by atoms with E-state index < -0.39 is 0 Å². The molecule has 1 aromatic heterocycles. The van der Waals surface area contributed by atoms with Gasteiger partial charge in [-0.25, -0.2) is 9.97 Å². The van der Waals surface area contributed by atoms with Crippen LogP contribution in [0.5, 0.6) is 0 Å². The summed E-state index contributed by atoms with van der Waals surface area (Å²) in [5.74, 6) is 1.40. The number of hydrogen-bond donors (Lipinski definition) is 0. The maximum absolute atomic E-state index is 5.15. The van der Waals surface area contributed by atoms with Crippen LogP contribution < -0.4 is 0 Å². The third-order valence-corrected chi connectivity index (χ3v) is 7.12. The standard InChI is InChI=1S/C24H24N2/c1-23(2)18-14-15-24(23,3)21-19(18)20(16-10-6-4-7-11-16)25-22(26-21)17-12-8-5-9-13-17/h4-13,18H,14-15H2,1-3H3. The fraction of sp³-hybridized carbons (Fsp3) is 0.333. The third-order valence-electron chi connectivity index (χ3n) is 7.12. The van der Waals surface area contributed by atoms with Gasteiger partial charge in [-0.05, 0) is 24.2 Å². The molecule has 1 heterocycles. The minimum absolute atomic E-state index is 0.128. The maximum Gasteiger partial charge on any atom is 0.160 e. The number of rotatable bonds is 2. The van der Waals surface area contributed by atoms with E-state index in [1.165, 1.54) is 29.7 Å². The largest absolute Gasteiger partial charge is 0.232 e. The molecule has 3 aromatic rings. The lowest BCUT2D eigenvalue weighted by atomic mass is 9.70. The molecule has 1 saturated carbocycles. The molecule has 2 aromatic carbocycles. The molecule has 2 nitrogen and oxygen atoms in total. The van der Waals surface area contributed by atoms with Crippen LogP contribution in [0.1, 0.15) is 50.8 Å². The van der Waals surface area contributed by atoms with E-state index >= 15 is 0 Å². The molecule has 0 N–H and O–H groups in total. The van der Waals surface area contributed by atoms with Gasteiger partial charge in [-0.15, -0.1) is 0 Å². The maximum atomic E-state index is 5.15. The monoisotopic (exact) mass is 340 g/mol. The van der Waals surface area contributed by atoms with Gasteiger partial charge in [-0.1, -0.05) is 81.4 Å². The van der Waals surface area contributed by atoms with Crippen molar-refractivity contribution < 1.29 is 0 Å². The molecular weight excluding hydrogens is 316 g/mol. The molecule has 26 heavy (non-hydrogen) atoms. The first kappa shape index (κ1) is 15.7. The fourth-order valence-electron chi connectivity index (χ4n) is 5.18. The molecule has 0 saturated heterocycles. The Morgan fingerprint density at radius 3 is 2.08 bits per heavy atom. The van der Waals surface area contributed by atoms with Gasteiger partial charge < -0.3 is 0 Å². The summed E-state index contributed by atoms with van der Waals surface area (Å²) in [5.41, 5.74) is 6.47. The minimum Gasteiger partial charge on any atom is -0.232 e. The van der Waals surface area contributed by atoms with Crippen LogP contribution in [0.3, 0.4) is 0 Å². The molecule has 2 aliphatic rings. The summed E-state index contributed by atoms with van der Waals surface area (Å²) in [6.07, 6.45) is 2.46. The second-order valence-electron chi connectivity index (χ2n) is 8.54. The zero-order valence-electron chi connectivity index (χ0n) is 15.7.